The molecule has 0 aromatic heterocycles. The molecule has 1 aliphatic heterocycles. The van der Waals surface area contributed by atoms with Crippen molar-refractivity contribution in [2.24, 2.45) is 0 Å². The summed E-state index contributed by atoms with van der Waals surface area (Å²) in [5.41, 5.74) is 2.64. The smallest absolute Gasteiger partial charge is 0.269 e. The number of nitro benzene ring substituents is 1. The third-order valence-electron chi connectivity index (χ3n) is 4.75. The van der Waals surface area contributed by atoms with Crippen molar-refractivity contribution in [3.8, 4) is 0 Å². The number of carbonyl (C=O) groups is 1. The molecule has 3 rings (SSSR count). The quantitative estimate of drug-likeness (QED) is 0.620. The van der Waals surface area contributed by atoms with Crippen LogP contribution in [0.15, 0.2) is 48.5 Å². The van der Waals surface area contributed by atoms with Crippen LogP contribution in [0, 0.1) is 10.1 Å². The highest BCUT2D eigenvalue weighted by Gasteiger charge is 2.34. The molecule has 24 heavy (non-hydrogen) atoms. The lowest BCUT2D eigenvalue weighted by atomic mass is 9.94. The lowest BCUT2D eigenvalue weighted by Gasteiger charge is -2.37. The van der Waals surface area contributed by atoms with E-state index in [-0.39, 0.29) is 17.1 Å². The van der Waals surface area contributed by atoms with Crippen molar-refractivity contribution < 1.29 is 9.72 Å². The topological polar surface area (TPSA) is 63.5 Å². The number of hydrogen-bond donors (Lipinski definition) is 0. The van der Waals surface area contributed by atoms with E-state index in [1.165, 1.54) is 35.4 Å². The van der Waals surface area contributed by atoms with Crippen molar-refractivity contribution in [3.63, 3.8) is 0 Å². The van der Waals surface area contributed by atoms with Crippen LogP contribution in [0.1, 0.15) is 41.8 Å². The van der Waals surface area contributed by atoms with Crippen LogP contribution in [0.4, 0.5) is 5.69 Å². The van der Waals surface area contributed by atoms with E-state index < -0.39 is 4.92 Å². The first kappa shape index (κ1) is 16.2. The molecule has 1 amide bonds. The van der Waals surface area contributed by atoms with Crippen LogP contribution in [-0.2, 0) is 13.0 Å². The van der Waals surface area contributed by atoms with E-state index in [0.717, 1.165) is 12.8 Å². The van der Waals surface area contributed by atoms with Crippen molar-refractivity contribution in [2.75, 3.05) is 0 Å². The largest absolute Gasteiger partial charge is 0.329 e. The minimum atomic E-state index is -0.458. The number of nitrogens with zero attached hydrogens (tertiary/aromatic N) is 2. The van der Waals surface area contributed by atoms with Crippen LogP contribution in [0.3, 0.4) is 0 Å². The molecule has 0 unspecified atom stereocenters. The van der Waals surface area contributed by atoms with Crippen LogP contribution >= 0.6 is 0 Å². The molecule has 5 nitrogen and oxygen atoms in total. The fourth-order valence-corrected chi connectivity index (χ4v) is 3.14. The van der Waals surface area contributed by atoms with Gasteiger partial charge in [0.15, 0.2) is 0 Å². The maximum Gasteiger partial charge on any atom is 0.269 e. The molecule has 0 atom stereocenters. The number of rotatable bonds is 2. The summed E-state index contributed by atoms with van der Waals surface area (Å²) >= 11 is 0. The van der Waals surface area contributed by atoms with E-state index in [4.69, 9.17) is 0 Å². The normalized spacial score (nSPS) is 16.2. The first-order valence-corrected chi connectivity index (χ1v) is 8.02. The van der Waals surface area contributed by atoms with Crippen molar-refractivity contribution in [3.05, 3.63) is 75.3 Å². The summed E-state index contributed by atoms with van der Waals surface area (Å²) in [5.74, 6) is -0.0911. The zero-order valence-electron chi connectivity index (χ0n) is 13.9. The maximum atomic E-state index is 13.0. The van der Waals surface area contributed by atoms with E-state index in [0.29, 0.717) is 12.1 Å². The van der Waals surface area contributed by atoms with Gasteiger partial charge in [-0.1, -0.05) is 24.3 Å². The summed E-state index contributed by atoms with van der Waals surface area (Å²) in [7, 11) is 0. The summed E-state index contributed by atoms with van der Waals surface area (Å²) in [6.07, 6.45) is 1.82. The van der Waals surface area contributed by atoms with Gasteiger partial charge in [0.2, 0.25) is 0 Å². The van der Waals surface area contributed by atoms with Crippen LogP contribution in [0.5, 0.6) is 0 Å². The SMILES string of the molecule is CC1(C)CCc2ccccc2CN1C(=O)c1ccc([N+](=O)[O-])cc1. The average Bonchev–Trinajstić information content (AvgIpc) is 2.71. The fourth-order valence-electron chi connectivity index (χ4n) is 3.14. The van der Waals surface area contributed by atoms with Gasteiger partial charge in [0.25, 0.3) is 11.6 Å². The second-order valence-corrected chi connectivity index (χ2v) is 6.78. The summed E-state index contributed by atoms with van der Waals surface area (Å²) in [5, 5.41) is 10.8. The molecule has 2 aromatic rings. The molecular formula is C19H20N2O3. The highest BCUT2D eigenvalue weighted by Crippen LogP contribution is 2.31. The van der Waals surface area contributed by atoms with E-state index >= 15 is 0 Å². The Hall–Kier alpha value is -2.69. The molecule has 0 bridgehead atoms. The van der Waals surface area contributed by atoms with Crippen LogP contribution in [-0.4, -0.2) is 21.3 Å². The molecule has 0 fully saturated rings. The molecule has 0 saturated heterocycles. The molecule has 0 radical (unpaired) electrons. The Kier molecular flexibility index (Phi) is 4.09. The number of carbonyl (C=O) groups excluding carboxylic acids is 1. The highest BCUT2D eigenvalue weighted by atomic mass is 16.6. The summed E-state index contributed by atoms with van der Waals surface area (Å²) < 4.78 is 0. The molecule has 5 heteroatoms. The second kappa shape index (κ2) is 6.07. The predicted molar refractivity (Wildman–Crippen MR) is 91.8 cm³/mol. The van der Waals surface area contributed by atoms with Crippen molar-refractivity contribution in [1.29, 1.82) is 0 Å². The number of non-ortho nitro benzene ring substituents is 1. The number of fused-ring (bicyclic) bond motifs is 1. The average molecular weight is 324 g/mol. The Labute approximate surface area is 141 Å². The lowest BCUT2D eigenvalue weighted by Crippen LogP contribution is -2.46. The molecule has 2 aromatic carbocycles. The van der Waals surface area contributed by atoms with Crippen molar-refractivity contribution in [1.82, 2.24) is 4.90 Å². The van der Waals surface area contributed by atoms with Crippen LogP contribution < -0.4 is 0 Å². The summed E-state index contributed by atoms with van der Waals surface area (Å²) in [6.45, 7) is 4.70. The van der Waals surface area contributed by atoms with Crippen molar-refractivity contribution >= 4 is 11.6 Å². The molecule has 1 aliphatic rings. The Morgan fingerprint density at radius 2 is 1.71 bits per heavy atom. The number of nitro groups is 1. The van der Waals surface area contributed by atoms with E-state index in [9.17, 15) is 14.9 Å². The fraction of sp³-hybridized carbons (Fsp3) is 0.316. The Morgan fingerprint density at radius 1 is 1.08 bits per heavy atom. The minimum Gasteiger partial charge on any atom is -0.329 e. The standard InChI is InChI=1S/C19H20N2O3/c1-19(2)12-11-14-5-3-4-6-16(14)13-20(19)18(22)15-7-9-17(10-8-15)21(23)24/h3-10H,11-13H2,1-2H3. The third-order valence-corrected chi connectivity index (χ3v) is 4.75. The van der Waals surface area contributed by atoms with Gasteiger partial charge in [-0.25, -0.2) is 0 Å². The minimum absolute atomic E-state index is 0.00739. The molecule has 0 saturated carbocycles. The maximum absolute atomic E-state index is 13.0. The number of hydrogen-bond acceptors (Lipinski definition) is 3. The van der Waals surface area contributed by atoms with Gasteiger partial charge in [-0.05, 0) is 49.9 Å². The Morgan fingerprint density at radius 3 is 2.33 bits per heavy atom. The number of amides is 1. The molecule has 0 N–H and O–H groups in total. The van der Waals surface area contributed by atoms with Gasteiger partial charge >= 0.3 is 0 Å². The van der Waals surface area contributed by atoms with Gasteiger partial charge in [0.1, 0.15) is 0 Å². The molecule has 0 spiro atoms. The molecular weight excluding hydrogens is 304 g/mol. The lowest BCUT2D eigenvalue weighted by molar-refractivity contribution is -0.384. The predicted octanol–water partition coefficient (Wildman–Crippen LogP) is 3.96. The van der Waals surface area contributed by atoms with Gasteiger partial charge in [0, 0.05) is 29.8 Å². The van der Waals surface area contributed by atoms with Gasteiger partial charge in [-0.3, -0.25) is 14.9 Å². The van der Waals surface area contributed by atoms with E-state index in [2.05, 4.69) is 26.0 Å². The molecule has 0 aliphatic carbocycles. The van der Waals surface area contributed by atoms with Crippen LogP contribution in [0.25, 0.3) is 0 Å². The van der Waals surface area contributed by atoms with Gasteiger partial charge < -0.3 is 4.90 Å². The Bertz CT molecular complexity index is 781. The number of aryl methyl sites for hydroxylation is 1. The first-order valence-electron chi connectivity index (χ1n) is 8.02. The highest BCUT2D eigenvalue weighted by molar-refractivity contribution is 5.95. The summed E-state index contributed by atoms with van der Waals surface area (Å²) in [6, 6.07) is 14.0. The first-order chi connectivity index (χ1) is 11.4. The third kappa shape index (κ3) is 3.02. The monoisotopic (exact) mass is 324 g/mol. The second-order valence-electron chi connectivity index (χ2n) is 6.78. The van der Waals surface area contributed by atoms with Crippen LogP contribution in [0.2, 0.25) is 0 Å². The molecule has 124 valence electrons. The molecule has 1 heterocycles. The zero-order chi connectivity index (χ0) is 17.3. The summed E-state index contributed by atoms with van der Waals surface area (Å²) in [4.78, 5) is 25.2. The Balaban J connectivity index is 1.93. The van der Waals surface area contributed by atoms with Gasteiger partial charge in [-0.2, -0.15) is 0 Å². The van der Waals surface area contributed by atoms with Crippen molar-refractivity contribution in [2.45, 2.75) is 38.8 Å². The van der Waals surface area contributed by atoms with Gasteiger partial charge in [0.05, 0.1) is 4.92 Å². The van der Waals surface area contributed by atoms with E-state index in [1.54, 1.807) is 0 Å². The zero-order valence-corrected chi connectivity index (χ0v) is 13.9. The van der Waals surface area contributed by atoms with Gasteiger partial charge in [-0.15, -0.1) is 0 Å². The number of benzene rings is 2. The van der Waals surface area contributed by atoms with E-state index in [1.807, 2.05) is 17.0 Å².